The van der Waals surface area contributed by atoms with Crippen molar-refractivity contribution in [3.05, 3.63) is 166 Å². The molecule has 0 heterocycles. The van der Waals surface area contributed by atoms with Crippen LogP contribution in [0.2, 0.25) is 0 Å². The Labute approximate surface area is 474 Å². The summed E-state index contributed by atoms with van der Waals surface area (Å²) < 4.78 is 0. The molecule has 9 rings (SSSR count). The van der Waals surface area contributed by atoms with E-state index in [0.717, 1.165) is 64.0 Å². The van der Waals surface area contributed by atoms with Crippen LogP contribution < -0.4 is 0 Å². The fourth-order valence-electron chi connectivity index (χ4n) is 13.2. The van der Waals surface area contributed by atoms with E-state index in [1.807, 2.05) is 60.7 Å². The van der Waals surface area contributed by atoms with Crippen LogP contribution in [0.5, 0.6) is 0 Å². The highest BCUT2D eigenvalue weighted by Crippen LogP contribution is 2.41. The van der Waals surface area contributed by atoms with Gasteiger partial charge in [0.1, 0.15) is 0 Å². The molecule has 0 amide bonds. The highest BCUT2D eigenvalue weighted by atomic mass is 14.3. The van der Waals surface area contributed by atoms with Gasteiger partial charge in [0.15, 0.2) is 0 Å². The lowest BCUT2D eigenvalue weighted by Gasteiger charge is -2.29. The lowest BCUT2D eigenvalue weighted by Crippen LogP contribution is -2.13. The highest BCUT2D eigenvalue weighted by molar-refractivity contribution is 5.64. The Bertz CT molecular complexity index is 2570. The topological polar surface area (TPSA) is 95.2 Å². The van der Waals surface area contributed by atoms with Gasteiger partial charge in [-0.25, -0.2) is 0 Å². The maximum Gasteiger partial charge on any atom is 0.0991 e. The Morgan fingerprint density at radius 3 is 0.872 bits per heavy atom. The average Bonchev–Trinajstić information content (AvgIpc) is 3.51. The summed E-state index contributed by atoms with van der Waals surface area (Å²) in [5.74, 6) is 6.76. The standard InChI is InChI=1S/C20H21N.C20H29N.C18H25N.C16H21N/c1-15-2-6-17(7-3-15)19-10-12-20(13-11-19)18-8-4-16(14-21)5-9-18;1-2-3-4-5-6-7-17-8-12-19(13-9-17)20-14-10-18(16-21)11-15-20;1-2-3-4-5-15-6-10-17(11-7-15)18-12-8-16(14-19)9-13-18;1-2-3-13-4-8-15(9-5-13)16-10-6-14(12-17)7-11-16/h4-5,8-13,15,17H,2-3,6-7H2,1H3;10-11,14-15,17,19H,2-9,12-13H2,1H3;8-9,12-13,15,17H,2-7,10-11H2,1H3;6-7,10-11,13,15H,2-5,8-9H2,1H3. The van der Waals surface area contributed by atoms with Gasteiger partial charge < -0.3 is 0 Å². The molecule has 0 unspecified atom stereocenters. The maximum atomic E-state index is 8.86. The van der Waals surface area contributed by atoms with Crippen LogP contribution in [0, 0.1) is 69.0 Å². The summed E-state index contributed by atoms with van der Waals surface area (Å²) in [5.41, 5.74) is 11.2. The van der Waals surface area contributed by atoms with E-state index in [1.54, 1.807) is 0 Å². The zero-order valence-corrected chi connectivity index (χ0v) is 48.8. The third kappa shape index (κ3) is 20.7. The molecule has 0 aromatic heterocycles. The number of nitriles is 4. The van der Waals surface area contributed by atoms with Gasteiger partial charge in [0.05, 0.1) is 46.5 Å². The SMILES string of the molecule is CC1CCC(c2ccc(-c3ccc(C#N)cc3)cc2)CC1.CCCC1CCC(c2ccc(C#N)cc2)CC1.CCCCCC1CCC(c2ccc(C#N)cc2)CC1.CCCCCCCC1CCC(c2ccc(C#N)cc2)CC1. The van der Waals surface area contributed by atoms with Crippen molar-refractivity contribution in [2.75, 3.05) is 0 Å². The fraction of sp³-hybridized carbons (Fsp3) is 0.541. The highest BCUT2D eigenvalue weighted by Gasteiger charge is 2.25. The lowest BCUT2D eigenvalue weighted by atomic mass is 9.77. The Kier molecular flexibility index (Phi) is 27.4. The van der Waals surface area contributed by atoms with Crippen LogP contribution >= 0.6 is 0 Å². The second-order valence-corrected chi connectivity index (χ2v) is 24.1. The molecule has 0 radical (unpaired) electrons. The molecule has 0 aliphatic heterocycles. The van der Waals surface area contributed by atoms with Crippen LogP contribution in [0.15, 0.2) is 121 Å². The second kappa shape index (κ2) is 34.8. The molecule has 0 bridgehead atoms. The molecule has 4 aliphatic carbocycles. The number of nitrogens with zero attached hydrogens (tertiary/aromatic N) is 4. The maximum absolute atomic E-state index is 8.86. The smallest absolute Gasteiger partial charge is 0.0991 e. The molecule has 0 saturated heterocycles. The first-order valence-corrected chi connectivity index (χ1v) is 31.4. The van der Waals surface area contributed by atoms with E-state index in [-0.39, 0.29) is 0 Å². The molecule has 4 fully saturated rings. The summed E-state index contributed by atoms with van der Waals surface area (Å²) >= 11 is 0. The van der Waals surface area contributed by atoms with Crippen LogP contribution in [-0.4, -0.2) is 0 Å². The quantitative estimate of drug-likeness (QED) is 0.0867. The first-order chi connectivity index (χ1) is 38.2. The molecule has 4 saturated carbocycles. The minimum atomic E-state index is 0.715. The van der Waals surface area contributed by atoms with E-state index in [9.17, 15) is 0 Å². The summed E-state index contributed by atoms with van der Waals surface area (Å²) in [5, 5.41) is 35.3. The molecule has 78 heavy (non-hydrogen) atoms. The molecular weight excluding hydrogens is 945 g/mol. The van der Waals surface area contributed by atoms with Gasteiger partial charge in [0.2, 0.25) is 0 Å². The Balaban J connectivity index is 0.000000169. The van der Waals surface area contributed by atoms with E-state index in [1.165, 1.54) is 213 Å². The minimum absolute atomic E-state index is 0.715. The third-order valence-corrected chi connectivity index (χ3v) is 18.4. The van der Waals surface area contributed by atoms with Crippen molar-refractivity contribution in [2.45, 2.75) is 231 Å². The number of benzene rings is 5. The van der Waals surface area contributed by atoms with Crippen molar-refractivity contribution in [3.8, 4) is 35.4 Å². The summed E-state index contributed by atoms with van der Waals surface area (Å²) in [4.78, 5) is 0. The van der Waals surface area contributed by atoms with E-state index >= 15 is 0 Å². The predicted octanol–water partition coefficient (Wildman–Crippen LogP) is 21.8. The van der Waals surface area contributed by atoms with Gasteiger partial charge in [-0.3, -0.25) is 0 Å². The van der Waals surface area contributed by atoms with Gasteiger partial charge >= 0.3 is 0 Å². The predicted molar refractivity (Wildman–Crippen MR) is 327 cm³/mol. The molecule has 0 atom stereocenters. The van der Waals surface area contributed by atoms with Crippen molar-refractivity contribution in [2.24, 2.45) is 23.7 Å². The van der Waals surface area contributed by atoms with E-state index in [2.05, 4.69) is 113 Å². The molecule has 4 heteroatoms. The van der Waals surface area contributed by atoms with Crippen LogP contribution in [0.3, 0.4) is 0 Å². The number of hydrogen-bond donors (Lipinski definition) is 0. The monoisotopic (exact) mass is 1040 g/mol. The Morgan fingerprint density at radius 2 is 0.551 bits per heavy atom. The first kappa shape index (κ1) is 61.3. The summed E-state index contributed by atoms with van der Waals surface area (Å²) in [6, 6.07) is 50.2. The van der Waals surface area contributed by atoms with Crippen LogP contribution in [0.4, 0.5) is 0 Å². The lowest BCUT2D eigenvalue weighted by molar-refractivity contribution is 0.302. The molecule has 5 aromatic carbocycles. The van der Waals surface area contributed by atoms with E-state index in [4.69, 9.17) is 21.0 Å². The van der Waals surface area contributed by atoms with E-state index < -0.39 is 0 Å². The van der Waals surface area contributed by atoms with Crippen molar-refractivity contribution >= 4 is 0 Å². The summed E-state index contributed by atoms with van der Waals surface area (Å²) in [7, 11) is 0. The zero-order chi connectivity index (χ0) is 55.2. The number of rotatable bonds is 17. The Morgan fingerprint density at radius 1 is 0.295 bits per heavy atom. The van der Waals surface area contributed by atoms with E-state index in [0.29, 0.717) is 5.56 Å². The van der Waals surface area contributed by atoms with Crippen molar-refractivity contribution in [1.29, 1.82) is 21.0 Å². The Hall–Kier alpha value is -5.94. The van der Waals surface area contributed by atoms with Crippen molar-refractivity contribution in [3.63, 3.8) is 0 Å². The molecule has 4 aliphatic rings. The summed E-state index contributed by atoms with van der Waals surface area (Å²) in [6.45, 7) is 9.21. The van der Waals surface area contributed by atoms with Gasteiger partial charge in [-0.1, -0.05) is 190 Å². The molecular formula is C74H96N4. The largest absolute Gasteiger partial charge is 0.192 e. The summed E-state index contributed by atoms with van der Waals surface area (Å²) in [6.07, 6.45) is 38.6. The van der Waals surface area contributed by atoms with Gasteiger partial charge in [0, 0.05) is 0 Å². The minimum Gasteiger partial charge on any atom is -0.192 e. The number of hydrogen-bond acceptors (Lipinski definition) is 4. The molecule has 0 N–H and O–H groups in total. The van der Waals surface area contributed by atoms with Gasteiger partial charge in [-0.2, -0.15) is 21.0 Å². The average molecular weight is 1040 g/mol. The molecule has 0 spiro atoms. The molecule has 4 nitrogen and oxygen atoms in total. The van der Waals surface area contributed by atoms with Crippen molar-refractivity contribution in [1.82, 2.24) is 0 Å². The van der Waals surface area contributed by atoms with Crippen LogP contribution in [0.25, 0.3) is 11.1 Å². The third-order valence-electron chi connectivity index (χ3n) is 18.4. The van der Waals surface area contributed by atoms with Gasteiger partial charge in [0.25, 0.3) is 0 Å². The molecule has 412 valence electrons. The van der Waals surface area contributed by atoms with Gasteiger partial charge in [-0.05, 0) is 219 Å². The molecule has 5 aromatic rings. The van der Waals surface area contributed by atoms with Gasteiger partial charge in [-0.15, -0.1) is 0 Å². The number of unbranched alkanes of at least 4 members (excludes halogenated alkanes) is 6. The first-order valence-electron chi connectivity index (χ1n) is 31.4. The van der Waals surface area contributed by atoms with Crippen LogP contribution in [0.1, 0.15) is 276 Å². The van der Waals surface area contributed by atoms with Crippen molar-refractivity contribution < 1.29 is 0 Å². The zero-order valence-electron chi connectivity index (χ0n) is 48.8. The second-order valence-electron chi connectivity index (χ2n) is 24.1. The fourth-order valence-corrected chi connectivity index (χ4v) is 13.2. The normalized spacial score (nSPS) is 22.6. The van der Waals surface area contributed by atoms with Crippen LogP contribution in [-0.2, 0) is 0 Å².